The molecule has 0 spiro atoms. The largest absolute Gasteiger partial charge is 0.417 e. The number of alkyl halides is 3. The highest BCUT2D eigenvalue weighted by molar-refractivity contribution is 6.31. The summed E-state index contributed by atoms with van der Waals surface area (Å²) in [7, 11) is 1.36. The van der Waals surface area contributed by atoms with Crippen molar-refractivity contribution in [3.8, 4) is 0 Å². The maximum atomic E-state index is 12.4. The molecule has 4 N–H and O–H groups in total. The Morgan fingerprint density at radius 2 is 1.83 bits per heavy atom. The number of nitrogens with one attached hydrogen (secondary N) is 2. The van der Waals surface area contributed by atoms with Crippen molar-refractivity contribution in [2.24, 2.45) is 0 Å². The quantitative estimate of drug-likeness (QED) is 0.616. The van der Waals surface area contributed by atoms with Gasteiger partial charge in [-0.25, -0.2) is 9.78 Å². The molecule has 0 saturated carbocycles. The van der Waals surface area contributed by atoms with Crippen molar-refractivity contribution in [3.63, 3.8) is 0 Å². The number of urea groups is 1. The minimum atomic E-state index is -4.54. The van der Waals surface area contributed by atoms with Crippen molar-refractivity contribution >= 4 is 35.1 Å². The van der Waals surface area contributed by atoms with E-state index in [2.05, 4.69) is 25.5 Å². The van der Waals surface area contributed by atoms with Crippen LogP contribution >= 0.6 is 11.6 Å². The standard InChI is InChI=1S/C9H8ClF3N2O.C8H12N4.C2H6/c1-14-8(16)15-5-2-3-7(10)6(4-5)9(11,12)13;9-8-10-4-3-7(11-8)12-5-1-2-6-12;1-2/h2-4H,1H3,(H2,14,15,16);3-4H,1-2,5-6H2,(H2,9,10,11);1-2H3. The van der Waals surface area contributed by atoms with E-state index in [0.717, 1.165) is 31.0 Å². The monoisotopic (exact) mass is 446 g/mol. The Labute approximate surface area is 178 Å². The van der Waals surface area contributed by atoms with Crippen LogP contribution in [0.4, 0.5) is 35.4 Å². The van der Waals surface area contributed by atoms with E-state index in [1.807, 2.05) is 19.9 Å². The third kappa shape index (κ3) is 7.94. The van der Waals surface area contributed by atoms with Gasteiger partial charge in [0.2, 0.25) is 5.95 Å². The fraction of sp³-hybridized carbons (Fsp3) is 0.421. The number of hydrogen-bond donors (Lipinski definition) is 3. The van der Waals surface area contributed by atoms with Crippen LogP contribution in [0.15, 0.2) is 30.5 Å². The lowest BCUT2D eigenvalue weighted by Crippen LogP contribution is -2.24. The average molecular weight is 447 g/mol. The molecule has 0 radical (unpaired) electrons. The van der Waals surface area contributed by atoms with Crippen LogP contribution in [0.1, 0.15) is 32.3 Å². The number of rotatable bonds is 2. The molecule has 0 atom stereocenters. The van der Waals surface area contributed by atoms with Crippen molar-refractivity contribution in [2.75, 3.05) is 36.1 Å². The summed E-state index contributed by atoms with van der Waals surface area (Å²) in [5, 5.41) is 4.04. The first-order chi connectivity index (χ1) is 14.2. The first kappa shape index (κ1) is 25.3. The van der Waals surface area contributed by atoms with Crippen LogP contribution in [0, 0.1) is 0 Å². The number of benzene rings is 1. The summed E-state index contributed by atoms with van der Waals surface area (Å²) < 4.78 is 37.3. The summed E-state index contributed by atoms with van der Waals surface area (Å²) in [5.41, 5.74) is 4.52. The molecule has 166 valence electrons. The first-order valence-electron chi connectivity index (χ1n) is 9.39. The Kier molecular flexibility index (Phi) is 10.2. The van der Waals surface area contributed by atoms with E-state index in [4.69, 9.17) is 17.3 Å². The smallest absolute Gasteiger partial charge is 0.368 e. The fourth-order valence-corrected chi connectivity index (χ4v) is 2.72. The number of aromatic nitrogens is 2. The Morgan fingerprint density at radius 3 is 2.37 bits per heavy atom. The predicted molar refractivity (Wildman–Crippen MR) is 114 cm³/mol. The Bertz CT molecular complexity index is 813. The van der Waals surface area contributed by atoms with Gasteiger partial charge in [-0.2, -0.15) is 18.2 Å². The second kappa shape index (κ2) is 12.1. The molecule has 2 heterocycles. The highest BCUT2D eigenvalue weighted by atomic mass is 35.5. The second-order valence-corrected chi connectivity index (χ2v) is 6.27. The van der Waals surface area contributed by atoms with E-state index in [1.54, 1.807) is 6.20 Å². The van der Waals surface area contributed by atoms with Crippen molar-refractivity contribution in [1.82, 2.24) is 15.3 Å². The molecule has 1 saturated heterocycles. The minimum Gasteiger partial charge on any atom is -0.368 e. The van der Waals surface area contributed by atoms with E-state index in [0.29, 0.717) is 5.95 Å². The number of carbonyl (C=O) groups excluding carboxylic acids is 1. The van der Waals surface area contributed by atoms with Crippen LogP contribution in [0.2, 0.25) is 5.02 Å². The number of hydrogen-bond acceptors (Lipinski definition) is 5. The van der Waals surface area contributed by atoms with E-state index >= 15 is 0 Å². The summed E-state index contributed by atoms with van der Waals surface area (Å²) >= 11 is 5.40. The van der Waals surface area contributed by atoms with Gasteiger partial charge >= 0.3 is 12.2 Å². The van der Waals surface area contributed by atoms with E-state index in [-0.39, 0.29) is 5.69 Å². The molecule has 1 fully saturated rings. The predicted octanol–water partition coefficient (Wildman–Crippen LogP) is 4.80. The van der Waals surface area contributed by atoms with Gasteiger partial charge < -0.3 is 21.3 Å². The third-order valence-electron chi connectivity index (χ3n) is 3.85. The summed E-state index contributed by atoms with van der Waals surface area (Å²) in [6.45, 7) is 6.19. The lowest BCUT2D eigenvalue weighted by molar-refractivity contribution is -0.137. The molecule has 30 heavy (non-hydrogen) atoms. The molecule has 2 amide bonds. The molecule has 0 aliphatic carbocycles. The van der Waals surface area contributed by atoms with Crippen molar-refractivity contribution < 1.29 is 18.0 Å². The number of nitrogens with zero attached hydrogens (tertiary/aromatic N) is 3. The zero-order chi connectivity index (χ0) is 22.7. The molecule has 11 heteroatoms. The second-order valence-electron chi connectivity index (χ2n) is 5.86. The average Bonchev–Trinajstić information content (AvgIpc) is 3.25. The molecule has 3 rings (SSSR count). The molecule has 1 aromatic carbocycles. The molecule has 0 unspecified atom stereocenters. The number of nitrogens with two attached hydrogens (primary N) is 1. The van der Waals surface area contributed by atoms with Gasteiger partial charge in [-0.3, -0.25) is 0 Å². The molecule has 0 bridgehead atoms. The number of anilines is 3. The summed E-state index contributed by atoms with van der Waals surface area (Å²) in [6, 6.07) is 4.44. The van der Waals surface area contributed by atoms with Crippen molar-refractivity contribution in [3.05, 3.63) is 41.0 Å². The normalized spacial score (nSPS) is 12.8. The number of amides is 2. The van der Waals surface area contributed by atoms with Gasteiger partial charge in [0.15, 0.2) is 0 Å². The topological polar surface area (TPSA) is 96.2 Å². The van der Waals surface area contributed by atoms with Gasteiger partial charge in [0.05, 0.1) is 10.6 Å². The Morgan fingerprint density at radius 1 is 1.20 bits per heavy atom. The molecule has 1 aromatic heterocycles. The van der Waals surface area contributed by atoms with Crippen LogP contribution in [0.3, 0.4) is 0 Å². The van der Waals surface area contributed by atoms with Crippen LogP contribution in [-0.4, -0.2) is 36.1 Å². The van der Waals surface area contributed by atoms with Gasteiger partial charge in [0.1, 0.15) is 5.82 Å². The minimum absolute atomic E-state index is 0.0241. The van der Waals surface area contributed by atoms with Crippen LogP contribution in [0.25, 0.3) is 0 Å². The van der Waals surface area contributed by atoms with Crippen molar-refractivity contribution in [2.45, 2.75) is 32.9 Å². The molecule has 2 aromatic rings. The zero-order valence-corrected chi connectivity index (χ0v) is 17.8. The lowest BCUT2D eigenvalue weighted by atomic mass is 10.2. The molecule has 1 aliphatic heterocycles. The van der Waals surface area contributed by atoms with Gasteiger partial charge in [-0.05, 0) is 37.1 Å². The van der Waals surface area contributed by atoms with E-state index < -0.39 is 22.8 Å². The van der Waals surface area contributed by atoms with Crippen LogP contribution in [-0.2, 0) is 6.18 Å². The van der Waals surface area contributed by atoms with Gasteiger partial charge in [0, 0.05) is 32.0 Å². The fourth-order valence-electron chi connectivity index (χ4n) is 2.50. The Balaban J connectivity index is 0.000000285. The van der Waals surface area contributed by atoms with E-state index in [1.165, 1.54) is 26.0 Å². The lowest BCUT2D eigenvalue weighted by Gasteiger charge is -2.15. The van der Waals surface area contributed by atoms with Gasteiger partial charge in [-0.1, -0.05) is 25.4 Å². The number of carbonyl (C=O) groups is 1. The van der Waals surface area contributed by atoms with Crippen LogP contribution in [0.5, 0.6) is 0 Å². The zero-order valence-electron chi connectivity index (χ0n) is 17.1. The number of nitrogen functional groups attached to an aromatic ring is 1. The SMILES string of the molecule is CC.CNC(=O)Nc1ccc(Cl)c(C(F)(F)F)c1.Nc1nccc(N2CCCC2)n1. The highest BCUT2D eigenvalue weighted by Crippen LogP contribution is 2.36. The summed E-state index contributed by atoms with van der Waals surface area (Å²) in [5.74, 6) is 1.32. The van der Waals surface area contributed by atoms with Crippen molar-refractivity contribution in [1.29, 1.82) is 0 Å². The summed E-state index contributed by atoms with van der Waals surface area (Å²) in [6.07, 6.45) is -0.332. The van der Waals surface area contributed by atoms with Gasteiger partial charge in [0.25, 0.3) is 0 Å². The number of halogens is 4. The first-order valence-corrected chi connectivity index (χ1v) is 9.77. The Hall–Kier alpha value is -2.75. The van der Waals surface area contributed by atoms with E-state index in [9.17, 15) is 18.0 Å². The highest BCUT2D eigenvalue weighted by Gasteiger charge is 2.33. The maximum Gasteiger partial charge on any atom is 0.417 e. The summed E-state index contributed by atoms with van der Waals surface area (Å²) in [4.78, 5) is 21.1. The van der Waals surface area contributed by atoms with Gasteiger partial charge in [-0.15, -0.1) is 0 Å². The third-order valence-corrected chi connectivity index (χ3v) is 4.18. The maximum absolute atomic E-state index is 12.4. The molecule has 1 aliphatic rings. The van der Waals surface area contributed by atoms with Crippen LogP contribution < -0.4 is 21.3 Å². The molecular formula is C19H26ClF3N6O. The molecular weight excluding hydrogens is 421 g/mol. The molecule has 7 nitrogen and oxygen atoms in total.